The average Bonchev–Trinajstić information content (AvgIpc) is 2.87. The summed E-state index contributed by atoms with van der Waals surface area (Å²) in [5.74, 6) is 0.617. The molecule has 0 radical (unpaired) electrons. The third-order valence-corrected chi connectivity index (χ3v) is 2.97. The molecule has 8 heteroatoms. The molecule has 2 heterocycles. The smallest absolute Gasteiger partial charge is 0.246 e. The van der Waals surface area contributed by atoms with E-state index in [1.54, 1.807) is 11.5 Å². The van der Waals surface area contributed by atoms with Crippen molar-refractivity contribution in [1.29, 1.82) is 0 Å². The Morgan fingerprint density at radius 1 is 1.42 bits per heavy atom. The van der Waals surface area contributed by atoms with Crippen molar-refractivity contribution in [3.05, 3.63) is 34.7 Å². The third-order valence-electron chi connectivity index (χ3n) is 2.68. The number of halogens is 2. The lowest BCUT2D eigenvalue weighted by molar-refractivity contribution is 0.369. The first-order chi connectivity index (χ1) is 9.04. The fourth-order valence-electron chi connectivity index (χ4n) is 1.84. The molecule has 0 aliphatic carbocycles. The minimum Gasteiger partial charge on any atom is -0.369 e. The van der Waals surface area contributed by atoms with Crippen molar-refractivity contribution < 1.29 is 8.91 Å². The summed E-state index contributed by atoms with van der Waals surface area (Å²) in [6.45, 7) is 1.97. The maximum atomic E-state index is 13.4. The molecule has 0 amide bonds. The molecule has 2 N–H and O–H groups in total. The number of hydrogen-bond acceptors (Lipinski definition) is 5. The number of aromatic nitrogens is 4. The van der Waals surface area contributed by atoms with Crippen LogP contribution in [0.2, 0.25) is 5.02 Å². The van der Waals surface area contributed by atoms with E-state index in [1.807, 2.05) is 0 Å². The Labute approximate surface area is 112 Å². The molecule has 2 aromatic heterocycles. The van der Waals surface area contributed by atoms with Crippen molar-refractivity contribution >= 4 is 28.6 Å². The van der Waals surface area contributed by atoms with Crippen molar-refractivity contribution in [3.63, 3.8) is 0 Å². The Morgan fingerprint density at radius 2 is 2.21 bits per heavy atom. The fourth-order valence-corrected chi connectivity index (χ4v) is 2.00. The van der Waals surface area contributed by atoms with Gasteiger partial charge in [-0.15, -0.1) is 0 Å². The van der Waals surface area contributed by atoms with Gasteiger partial charge in [-0.05, 0) is 13.0 Å². The molecule has 0 atom stereocenters. The predicted molar refractivity (Wildman–Crippen MR) is 67.3 cm³/mol. The van der Waals surface area contributed by atoms with Gasteiger partial charge < -0.3 is 14.8 Å². The van der Waals surface area contributed by atoms with Crippen LogP contribution in [0.4, 0.5) is 10.3 Å². The van der Waals surface area contributed by atoms with Crippen LogP contribution in [0.5, 0.6) is 0 Å². The molecule has 3 rings (SSSR count). The van der Waals surface area contributed by atoms with Gasteiger partial charge in [-0.3, -0.25) is 0 Å². The molecular formula is C11H9ClFN5O. The quantitative estimate of drug-likeness (QED) is 0.778. The number of nitrogens with two attached hydrogens (primary N) is 1. The molecule has 0 aliphatic rings. The number of nitrogens with zero attached hydrogens (tertiary/aromatic N) is 4. The molecule has 0 saturated heterocycles. The highest BCUT2D eigenvalue weighted by atomic mass is 35.5. The Balaban J connectivity index is 2.12. The molecule has 0 spiro atoms. The number of anilines is 1. The lowest BCUT2D eigenvalue weighted by Crippen LogP contribution is -2.04. The Hall–Kier alpha value is -2.15. The second-order valence-corrected chi connectivity index (χ2v) is 4.45. The van der Waals surface area contributed by atoms with Crippen molar-refractivity contribution in [2.45, 2.75) is 13.5 Å². The topological polar surface area (TPSA) is 82.8 Å². The van der Waals surface area contributed by atoms with Crippen molar-refractivity contribution in [2.75, 3.05) is 5.73 Å². The Bertz CT molecular complexity index is 766. The van der Waals surface area contributed by atoms with Gasteiger partial charge >= 0.3 is 0 Å². The molecule has 19 heavy (non-hydrogen) atoms. The van der Waals surface area contributed by atoms with Crippen LogP contribution in [0.25, 0.3) is 11.0 Å². The monoisotopic (exact) mass is 281 g/mol. The molecule has 6 nitrogen and oxygen atoms in total. The van der Waals surface area contributed by atoms with E-state index >= 15 is 0 Å². The van der Waals surface area contributed by atoms with Crippen LogP contribution in [-0.4, -0.2) is 19.7 Å². The molecule has 1 aromatic carbocycles. The summed E-state index contributed by atoms with van der Waals surface area (Å²) in [5, 5.41) is 3.70. The maximum Gasteiger partial charge on any atom is 0.246 e. The third kappa shape index (κ3) is 2.01. The van der Waals surface area contributed by atoms with E-state index < -0.39 is 5.82 Å². The molecule has 0 saturated carbocycles. The fraction of sp³-hybridized carbons (Fsp3) is 0.182. The number of benzene rings is 1. The van der Waals surface area contributed by atoms with Gasteiger partial charge in [-0.1, -0.05) is 16.8 Å². The number of imidazole rings is 1. The van der Waals surface area contributed by atoms with Gasteiger partial charge in [0, 0.05) is 6.07 Å². The van der Waals surface area contributed by atoms with E-state index in [9.17, 15) is 4.39 Å². The zero-order chi connectivity index (χ0) is 13.6. The van der Waals surface area contributed by atoms with E-state index in [2.05, 4.69) is 15.1 Å². The summed E-state index contributed by atoms with van der Waals surface area (Å²) in [5.41, 5.74) is 6.84. The lowest BCUT2D eigenvalue weighted by Gasteiger charge is -2.02. The Kier molecular flexibility index (Phi) is 2.63. The predicted octanol–water partition coefficient (Wildman–Crippen LogP) is 2.15. The highest BCUT2D eigenvalue weighted by Crippen LogP contribution is 2.25. The molecule has 98 valence electrons. The number of hydrogen-bond donors (Lipinski definition) is 1. The molecule has 3 aromatic rings. The van der Waals surface area contributed by atoms with Crippen molar-refractivity contribution in [2.24, 2.45) is 0 Å². The van der Waals surface area contributed by atoms with Crippen molar-refractivity contribution in [1.82, 2.24) is 19.7 Å². The van der Waals surface area contributed by atoms with Gasteiger partial charge in [-0.25, -0.2) is 9.37 Å². The van der Waals surface area contributed by atoms with Crippen LogP contribution in [0.1, 0.15) is 11.7 Å². The molecule has 0 aliphatic heterocycles. The summed E-state index contributed by atoms with van der Waals surface area (Å²) in [4.78, 5) is 8.15. The van der Waals surface area contributed by atoms with E-state index in [0.29, 0.717) is 22.7 Å². The van der Waals surface area contributed by atoms with E-state index in [0.717, 1.165) is 0 Å². The summed E-state index contributed by atoms with van der Waals surface area (Å²) in [6, 6.07) is 2.71. The number of fused-ring (bicyclic) bond motifs is 1. The zero-order valence-corrected chi connectivity index (χ0v) is 10.6. The summed E-state index contributed by atoms with van der Waals surface area (Å²) >= 11 is 5.77. The number of rotatable bonds is 2. The lowest BCUT2D eigenvalue weighted by atomic mass is 10.3. The van der Waals surface area contributed by atoms with Gasteiger partial charge in [0.15, 0.2) is 5.82 Å². The van der Waals surface area contributed by atoms with Gasteiger partial charge in [0.2, 0.25) is 11.8 Å². The van der Waals surface area contributed by atoms with Gasteiger partial charge in [-0.2, -0.15) is 4.98 Å². The molecular weight excluding hydrogens is 273 g/mol. The van der Waals surface area contributed by atoms with Crippen LogP contribution in [0, 0.1) is 12.7 Å². The van der Waals surface area contributed by atoms with Gasteiger partial charge in [0.25, 0.3) is 0 Å². The highest BCUT2D eigenvalue weighted by Gasteiger charge is 2.14. The minimum absolute atomic E-state index is 0.00959. The first-order valence-corrected chi connectivity index (χ1v) is 5.82. The maximum absolute atomic E-state index is 13.4. The van der Waals surface area contributed by atoms with E-state index in [-0.39, 0.29) is 17.5 Å². The average molecular weight is 282 g/mol. The molecule has 0 unspecified atom stereocenters. The first-order valence-electron chi connectivity index (χ1n) is 5.44. The van der Waals surface area contributed by atoms with Crippen LogP contribution in [0.15, 0.2) is 16.7 Å². The minimum atomic E-state index is -0.535. The van der Waals surface area contributed by atoms with Crippen LogP contribution < -0.4 is 5.73 Å². The number of nitrogen functional groups attached to an aromatic ring is 1. The van der Waals surface area contributed by atoms with E-state index in [1.165, 1.54) is 12.1 Å². The second kappa shape index (κ2) is 4.20. The molecule has 0 fully saturated rings. The summed E-state index contributed by atoms with van der Waals surface area (Å²) in [6.07, 6.45) is 0. The van der Waals surface area contributed by atoms with Gasteiger partial charge in [0.1, 0.15) is 12.4 Å². The number of aryl methyl sites for hydroxylation is 1. The van der Waals surface area contributed by atoms with Crippen LogP contribution in [0.3, 0.4) is 0 Å². The summed E-state index contributed by atoms with van der Waals surface area (Å²) < 4.78 is 20.0. The zero-order valence-electron chi connectivity index (χ0n) is 9.89. The van der Waals surface area contributed by atoms with Gasteiger partial charge in [0.05, 0.1) is 16.1 Å². The highest BCUT2D eigenvalue weighted by molar-refractivity contribution is 6.31. The van der Waals surface area contributed by atoms with E-state index in [4.69, 9.17) is 21.9 Å². The Morgan fingerprint density at radius 3 is 2.89 bits per heavy atom. The normalized spacial score (nSPS) is 11.3. The second-order valence-electron chi connectivity index (χ2n) is 4.05. The SMILES string of the molecule is Cc1noc(Cn2c(N)nc3cc(F)c(Cl)cc32)n1. The van der Waals surface area contributed by atoms with Crippen LogP contribution >= 0.6 is 11.6 Å². The van der Waals surface area contributed by atoms with Crippen molar-refractivity contribution in [3.8, 4) is 0 Å². The molecule has 0 bridgehead atoms. The van der Waals surface area contributed by atoms with Crippen LogP contribution in [-0.2, 0) is 6.54 Å². The first kappa shape index (κ1) is 11.9. The largest absolute Gasteiger partial charge is 0.369 e. The summed E-state index contributed by atoms with van der Waals surface area (Å²) in [7, 11) is 0. The standard InChI is InChI=1S/C11H9ClFN5O/c1-5-15-10(19-17-5)4-18-9-2-6(12)7(13)3-8(9)16-11(18)14/h2-3H,4H2,1H3,(H2,14,16).